The fraction of sp³-hybridized carbons (Fsp3) is 0.538. The van der Waals surface area contributed by atoms with Gasteiger partial charge < -0.3 is 5.73 Å². The summed E-state index contributed by atoms with van der Waals surface area (Å²) in [5.41, 5.74) is 4.06. The molecule has 2 atom stereocenters. The van der Waals surface area contributed by atoms with E-state index in [1.165, 1.54) is 0 Å². The highest BCUT2D eigenvalue weighted by atomic mass is 19.4. The second kappa shape index (κ2) is 5.71. The highest BCUT2D eigenvalue weighted by Crippen LogP contribution is 2.32. The SMILES string of the molecule is CCC(NC(C)(CN)C(F)(F)F)c1ccccc1. The predicted molar refractivity (Wildman–Crippen MR) is 66.1 cm³/mol. The van der Waals surface area contributed by atoms with Crippen molar-refractivity contribution in [2.75, 3.05) is 6.54 Å². The van der Waals surface area contributed by atoms with Crippen molar-refractivity contribution in [1.82, 2.24) is 5.32 Å². The molecule has 0 radical (unpaired) electrons. The summed E-state index contributed by atoms with van der Waals surface area (Å²) in [6.45, 7) is 2.45. The molecule has 5 heteroatoms. The lowest BCUT2D eigenvalue weighted by molar-refractivity contribution is -0.191. The van der Waals surface area contributed by atoms with Gasteiger partial charge in [-0.2, -0.15) is 13.2 Å². The molecule has 0 aliphatic rings. The summed E-state index contributed by atoms with van der Waals surface area (Å²) >= 11 is 0. The molecule has 0 heterocycles. The van der Waals surface area contributed by atoms with Crippen molar-refractivity contribution >= 4 is 0 Å². The van der Waals surface area contributed by atoms with Crippen LogP contribution < -0.4 is 11.1 Å². The van der Waals surface area contributed by atoms with Gasteiger partial charge in [0.15, 0.2) is 0 Å². The van der Waals surface area contributed by atoms with E-state index in [0.717, 1.165) is 12.5 Å². The van der Waals surface area contributed by atoms with Crippen molar-refractivity contribution in [1.29, 1.82) is 0 Å². The molecule has 0 saturated heterocycles. The van der Waals surface area contributed by atoms with Gasteiger partial charge >= 0.3 is 6.18 Å². The molecule has 0 bridgehead atoms. The Hall–Kier alpha value is -1.07. The summed E-state index contributed by atoms with van der Waals surface area (Å²) in [5.74, 6) is 0. The van der Waals surface area contributed by atoms with Crippen molar-refractivity contribution < 1.29 is 13.2 Å². The van der Waals surface area contributed by atoms with Crippen molar-refractivity contribution in [2.45, 2.75) is 38.0 Å². The van der Waals surface area contributed by atoms with Crippen LogP contribution in [-0.4, -0.2) is 18.3 Å². The second-order valence-corrected chi connectivity index (χ2v) is 4.55. The number of hydrogen-bond acceptors (Lipinski definition) is 2. The average Bonchev–Trinajstić information content (AvgIpc) is 2.35. The molecule has 1 aromatic rings. The Labute approximate surface area is 105 Å². The third kappa shape index (κ3) is 3.23. The van der Waals surface area contributed by atoms with Gasteiger partial charge in [0.1, 0.15) is 5.54 Å². The topological polar surface area (TPSA) is 38.0 Å². The first-order chi connectivity index (χ1) is 8.34. The molecule has 0 aromatic heterocycles. The third-order valence-corrected chi connectivity index (χ3v) is 3.14. The van der Waals surface area contributed by atoms with Crippen LogP contribution >= 0.6 is 0 Å². The van der Waals surface area contributed by atoms with E-state index in [0.29, 0.717) is 6.42 Å². The highest BCUT2D eigenvalue weighted by molar-refractivity contribution is 5.19. The zero-order valence-corrected chi connectivity index (χ0v) is 10.6. The zero-order valence-electron chi connectivity index (χ0n) is 10.6. The molecule has 102 valence electrons. The number of benzene rings is 1. The van der Waals surface area contributed by atoms with Crippen LogP contribution in [0.5, 0.6) is 0 Å². The van der Waals surface area contributed by atoms with Crippen LogP contribution in [0.4, 0.5) is 13.2 Å². The predicted octanol–water partition coefficient (Wildman–Crippen LogP) is 3.01. The summed E-state index contributed by atoms with van der Waals surface area (Å²) in [5, 5.41) is 2.64. The fourth-order valence-electron chi connectivity index (χ4n) is 1.75. The van der Waals surface area contributed by atoms with Gasteiger partial charge in [-0.15, -0.1) is 0 Å². The Morgan fingerprint density at radius 2 is 1.78 bits per heavy atom. The number of nitrogens with one attached hydrogen (secondary N) is 1. The number of rotatable bonds is 5. The number of hydrogen-bond donors (Lipinski definition) is 2. The minimum absolute atomic E-state index is 0.360. The minimum atomic E-state index is -4.37. The summed E-state index contributed by atoms with van der Waals surface area (Å²) in [7, 11) is 0. The maximum absolute atomic E-state index is 13.0. The lowest BCUT2D eigenvalue weighted by atomic mass is 9.96. The Bertz CT molecular complexity index is 364. The van der Waals surface area contributed by atoms with E-state index in [2.05, 4.69) is 5.32 Å². The normalized spacial score (nSPS) is 17.2. The lowest BCUT2D eigenvalue weighted by Gasteiger charge is -2.35. The van der Waals surface area contributed by atoms with Gasteiger partial charge in [-0.05, 0) is 18.9 Å². The molecule has 1 aromatic carbocycles. The molecule has 2 nitrogen and oxygen atoms in total. The van der Waals surface area contributed by atoms with E-state index >= 15 is 0 Å². The van der Waals surface area contributed by atoms with Gasteiger partial charge in [0.2, 0.25) is 0 Å². The molecule has 0 amide bonds. The molecule has 0 aliphatic carbocycles. The van der Waals surface area contributed by atoms with E-state index in [4.69, 9.17) is 5.73 Å². The van der Waals surface area contributed by atoms with Crippen LogP contribution in [-0.2, 0) is 0 Å². The standard InChI is InChI=1S/C13H19F3N2/c1-3-11(10-7-5-4-6-8-10)18-12(2,9-17)13(14,15)16/h4-8,11,18H,3,9,17H2,1-2H3. The molecule has 18 heavy (non-hydrogen) atoms. The van der Waals surface area contributed by atoms with Gasteiger partial charge in [0, 0.05) is 12.6 Å². The summed E-state index contributed by atoms with van der Waals surface area (Å²) in [4.78, 5) is 0. The quantitative estimate of drug-likeness (QED) is 0.854. The van der Waals surface area contributed by atoms with Crippen molar-refractivity contribution in [3.05, 3.63) is 35.9 Å². The summed E-state index contributed by atoms with van der Waals surface area (Å²) < 4.78 is 38.9. The Morgan fingerprint density at radius 1 is 1.22 bits per heavy atom. The summed E-state index contributed by atoms with van der Waals surface area (Å²) in [6.07, 6.45) is -3.81. The molecule has 3 N–H and O–H groups in total. The molecule has 0 spiro atoms. The van der Waals surface area contributed by atoms with Gasteiger partial charge in [-0.1, -0.05) is 37.3 Å². The lowest BCUT2D eigenvalue weighted by Crippen LogP contribution is -2.60. The minimum Gasteiger partial charge on any atom is -0.328 e. The van der Waals surface area contributed by atoms with E-state index < -0.39 is 18.3 Å². The van der Waals surface area contributed by atoms with Gasteiger partial charge in [-0.25, -0.2) is 0 Å². The molecule has 1 rings (SSSR count). The zero-order chi connectivity index (χ0) is 13.8. The van der Waals surface area contributed by atoms with Crippen LogP contribution in [0.1, 0.15) is 31.9 Å². The number of halogens is 3. The van der Waals surface area contributed by atoms with Crippen molar-refractivity contribution in [3.63, 3.8) is 0 Å². The smallest absolute Gasteiger partial charge is 0.328 e. The van der Waals surface area contributed by atoms with Crippen molar-refractivity contribution in [3.8, 4) is 0 Å². The first kappa shape index (κ1) is 15.0. The van der Waals surface area contributed by atoms with Crippen LogP contribution in [0.25, 0.3) is 0 Å². The number of alkyl halides is 3. The van der Waals surface area contributed by atoms with Gasteiger partial charge in [0.05, 0.1) is 0 Å². The molecule has 0 aliphatic heterocycles. The molecule has 0 saturated carbocycles. The number of nitrogens with two attached hydrogens (primary N) is 1. The van der Waals surface area contributed by atoms with E-state index in [1.807, 2.05) is 37.3 Å². The van der Waals surface area contributed by atoms with Gasteiger partial charge in [0.25, 0.3) is 0 Å². The Morgan fingerprint density at radius 3 is 2.17 bits per heavy atom. The van der Waals surface area contributed by atoms with Crippen molar-refractivity contribution in [2.24, 2.45) is 5.73 Å². The maximum Gasteiger partial charge on any atom is 0.407 e. The molecule has 2 unspecified atom stereocenters. The van der Waals surface area contributed by atoms with E-state index in [9.17, 15) is 13.2 Å². The van der Waals surface area contributed by atoms with Crippen LogP contribution in [0.2, 0.25) is 0 Å². The van der Waals surface area contributed by atoms with E-state index in [-0.39, 0.29) is 6.04 Å². The van der Waals surface area contributed by atoms with Crippen LogP contribution in [0.3, 0.4) is 0 Å². The maximum atomic E-state index is 13.0. The fourth-order valence-corrected chi connectivity index (χ4v) is 1.75. The molecular weight excluding hydrogens is 241 g/mol. The van der Waals surface area contributed by atoms with Crippen LogP contribution in [0, 0.1) is 0 Å². The highest BCUT2D eigenvalue weighted by Gasteiger charge is 2.50. The Balaban J connectivity index is 2.92. The third-order valence-electron chi connectivity index (χ3n) is 3.14. The van der Waals surface area contributed by atoms with Gasteiger partial charge in [-0.3, -0.25) is 5.32 Å². The van der Waals surface area contributed by atoms with Crippen LogP contribution in [0.15, 0.2) is 30.3 Å². The monoisotopic (exact) mass is 260 g/mol. The largest absolute Gasteiger partial charge is 0.407 e. The molecular formula is C13H19F3N2. The average molecular weight is 260 g/mol. The van der Waals surface area contributed by atoms with E-state index in [1.54, 1.807) is 0 Å². The Kier molecular flexibility index (Phi) is 4.76. The first-order valence-electron chi connectivity index (χ1n) is 5.93. The molecule has 0 fully saturated rings. The first-order valence-corrected chi connectivity index (χ1v) is 5.93. The summed E-state index contributed by atoms with van der Waals surface area (Å²) in [6, 6.07) is 8.73. The second-order valence-electron chi connectivity index (χ2n) is 4.55.